The average Bonchev–Trinajstić information content (AvgIpc) is 2.95. The number of nitrogens with zero attached hydrogens (tertiary/aromatic N) is 2. The molecule has 0 radical (unpaired) electrons. The lowest BCUT2D eigenvalue weighted by Crippen LogP contribution is -2.28. The summed E-state index contributed by atoms with van der Waals surface area (Å²) in [7, 11) is 0. The van der Waals surface area contributed by atoms with Crippen molar-refractivity contribution < 1.29 is 9.59 Å². The highest BCUT2D eigenvalue weighted by Crippen LogP contribution is 2.17. The van der Waals surface area contributed by atoms with E-state index in [4.69, 9.17) is 0 Å². The van der Waals surface area contributed by atoms with Gasteiger partial charge in [-0.2, -0.15) is 0 Å². The molecule has 0 fully saturated rings. The molecule has 0 aliphatic heterocycles. The number of nitrogens with one attached hydrogen (secondary N) is 2. The Morgan fingerprint density at radius 2 is 2.04 bits per heavy atom. The molecule has 1 aromatic heterocycles. The molecule has 0 spiro atoms. The fourth-order valence-corrected chi connectivity index (χ4v) is 2.67. The van der Waals surface area contributed by atoms with Crippen LogP contribution >= 0.6 is 0 Å². The first-order valence-corrected chi connectivity index (χ1v) is 8.74. The van der Waals surface area contributed by atoms with Crippen molar-refractivity contribution in [2.75, 3.05) is 13.1 Å². The van der Waals surface area contributed by atoms with Gasteiger partial charge in [-0.1, -0.05) is 25.1 Å². The lowest BCUT2D eigenvalue weighted by molar-refractivity contribution is -0.122. The molecular weight excluding hydrogens is 316 g/mol. The summed E-state index contributed by atoms with van der Waals surface area (Å²) in [5.41, 5.74) is 1.82. The summed E-state index contributed by atoms with van der Waals surface area (Å²) in [4.78, 5) is 28.3. The topological polar surface area (TPSA) is 76.0 Å². The summed E-state index contributed by atoms with van der Waals surface area (Å²) in [6, 6.07) is 7.79. The summed E-state index contributed by atoms with van der Waals surface area (Å²) in [5.74, 6) is 0.875. The van der Waals surface area contributed by atoms with E-state index in [1.165, 1.54) is 0 Å². The second-order valence-electron chi connectivity index (χ2n) is 5.90. The zero-order valence-electron chi connectivity index (χ0n) is 14.8. The van der Waals surface area contributed by atoms with Crippen LogP contribution < -0.4 is 10.6 Å². The van der Waals surface area contributed by atoms with Gasteiger partial charge in [-0.3, -0.25) is 9.59 Å². The van der Waals surface area contributed by atoms with Crippen LogP contribution in [-0.4, -0.2) is 34.5 Å². The van der Waals surface area contributed by atoms with E-state index in [-0.39, 0.29) is 18.4 Å². The van der Waals surface area contributed by atoms with E-state index in [0.717, 1.165) is 29.7 Å². The Labute approximate surface area is 148 Å². The molecule has 2 N–H and O–H groups in total. The van der Waals surface area contributed by atoms with Gasteiger partial charge in [0.05, 0.1) is 11.0 Å². The van der Waals surface area contributed by atoms with Gasteiger partial charge in [0.2, 0.25) is 11.8 Å². The van der Waals surface area contributed by atoms with E-state index < -0.39 is 0 Å². The standard InChI is InChI=1S/C19H26N4O2/c1-3-8-18(24)21-13-7-11-17-22-15-9-5-6-10-16(15)23(17)14-19(25)20-12-4-2/h4-6,9-10H,2-3,7-8,11-14H2,1H3,(H,20,25)(H,21,24). The quantitative estimate of drug-likeness (QED) is 0.513. The Morgan fingerprint density at radius 1 is 1.24 bits per heavy atom. The fourth-order valence-electron chi connectivity index (χ4n) is 2.67. The highest BCUT2D eigenvalue weighted by atomic mass is 16.2. The average molecular weight is 342 g/mol. The summed E-state index contributed by atoms with van der Waals surface area (Å²) < 4.78 is 1.95. The van der Waals surface area contributed by atoms with E-state index in [2.05, 4.69) is 22.2 Å². The molecule has 0 bridgehead atoms. The van der Waals surface area contributed by atoms with Crippen LogP contribution in [0.15, 0.2) is 36.9 Å². The molecule has 2 rings (SSSR count). The first kappa shape index (κ1) is 18.7. The molecule has 1 heterocycles. The molecule has 2 amide bonds. The highest BCUT2D eigenvalue weighted by Gasteiger charge is 2.13. The number of imidazole rings is 1. The molecule has 0 atom stereocenters. The molecule has 0 saturated carbocycles. The van der Waals surface area contributed by atoms with Crippen LogP contribution in [0.2, 0.25) is 0 Å². The number of hydrogen-bond donors (Lipinski definition) is 2. The van der Waals surface area contributed by atoms with Crippen molar-refractivity contribution in [3.63, 3.8) is 0 Å². The van der Waals surface area contributed by atoms with Gasteiger partial charge in [0.15, 0.2) is 0 Å². The lowest BCUT2D eigenvalue weighted by atomic mass is 10.2. The number of benzene rings is 1. The minimum atomic E-state index is -0.0689. The van der Waals surface area contributed by atoms with Crippen molar-refractivity contribution >= 4 is 22.8 Å². The van der Waals surface area contributed by atoms with E-state index in [9.17, 15) is 9.59 Å². The monoisotopic (exact) mass is 342 g/mol. The van der Waals surface area contributed by atoms with E-state index >= 15 is 0 Å². The predicted molar refractivity (Wildman–Crippen MR) is 99.2 cm³/mol. The first-order chi connectivity index (χ1) is 12.2. The maximum atomic E-state index is 12.1. The van der Waals surface area contributed by atoms with Crippen molar-refractivity contribution in [2.24, 2.45) is 0 Å². The lowest BCUT2D eigenvalue weighted by Gasteiger charge is -2.09. The smallest absolute Gasteiger partial charge is 0.240 e. The second kappa shape index (κ2) is 9.61. The summed E-state index contributed by atoms with van der Waals surface area (Å²) in [6.07, 6.45) is 4.55. The third kappa shape index (κ3) is 5.45. The number of fused-ring (bicyclic) bond motifs is 1. The fraction of sp³-hybridized carbons (Fsp3) is 0.421. The van der Waals surface area contributed by atoms with Crippen molar-refractivity contribution in [1.82, 2.24) is 20.2 Å². The first-order valence-electron chi connectivity index (χ1n) is 8.74. The van der Waals surface area contributed by atoms with Crippen molar-refractivity contribution in [3.05, 3.63) is 42.7 Å². The van der Waals surface area contributed by atoms with E-state index in [1.54, 1.807) is 6.08 Å². The Kier molecular flexibility index (Phi) is 7.19. The molecule has 0 saturated heterocycles. The zero-order chi connectivity index (χ0) is 18.1. The van der Waals surface area contributed by atoms with Crippen LogP contribution in [0.3, 0.4) is 0 Å². The SMILES string of the molecule is C=CCNC(=O)Cn1c(CCCNC(=O)CCC)nc2ccccc21. The zero-order valence-corrected chi connectivity index (χ0v) is 14.8. The van der Waals surface area contributed by atoms with Gasteiger partial charge in [-0.15, -0.1) is 6.58 Å². The molecule has 0 unspecified atom stereocenters. The minimum Gasteiger partial charge on any atom is -0.356 e. The molecule has 6 heteroatoms. The number of carbonyl (C=O) groups is 2. The molecule has 2 aromatic rings. The van der Waals surface area contributed by atoms with Crippen LogP contribution in [0.4, 0.5) is 0 Å². The van der Waals surface area contributed by atoms with Gasteiger partial charge in [-0.05, 0) is 25.0 Å². The molecule has 134 valence electrons. The molecule has 0 aliphatic rings. The van der Waals surface area contributed by atoms with Crippen LogP contribution in [0, 0.1) is 0 Å². The summed E-state index contributed by atoms with van der Waals surface area (Å²) in [6.45, 7) is 6.88. The van der Waals surface area contributed by atoms with E-state index in [1.807, 2.05) is 35.8 Å². The summed E-state index contributed by atoms with van der Waals surface area (Å²) in [5, 5.41) is 5.71. The van der Waals surface area contributed by atoms with Crippen molar-refractivity contribution in [1.29, 1.82) is 0 Å². The van der Waals surface area contributed by atoms with Gasteiger partial charge < -0.3 is 15.2 Å². The normalized spacial score (nSPS) is 10.6. The van der Waals surface area contributed by atoms with Crippen LogP contribution in [0.1, 0.15) is 32.0 Å². The van der Waals surface area contributed by atoms with Gasteiger partial charge in [0, 0.05) is 25.9 Å². The third-order valence-electron chi connectivity index (χ3n) is 3.86. The van der Waals surface area contributed by atoms with Crippen LogP contribution in [-0.2, 0) is 22.6 Å². The number of aryl methyl sites for hydroxylation is 1. The second-order valence-corrected chi connectivity index (χ2v) is 5.90. The Morgan fingerprint density at radius 3 is 2.80 bits per heavy atom. The highest BCUT2D eigenvalue weighted by molar-refractivity contribution is 5.81. The van der Waals surface area contributed by atoms with Gasteiger partial charge in [0.1, 0.15) is 12.4 Å². The number of para-hydroxylation sites is 2. The number of aromatic nitrogens is 2. The largest absolute Gasteiger partial charge is 0.356 e. The third-order valence-corrected chi connectivity index (χ3v) is 3.86. The van der Waals surface area contributed by atoms with Crippen molar-refractivity contribution in [2.45, 2.75) is 39.2 Å². The Hall–Kier alpha value is -2.63. The number of amides is 2. The van der Waals surface area contributed by atoms with Gasteiger partial charge in [-0.25, -0.2) is 4.98 Å². The Balaban J connectivity index is 2.04. The summed E-state index contributed by atoms with van der Waals surface area (Å²) >= 11 is 0. The number of carbonyl (C=O) groups excluding carboxylic acids is 2. The molecular formula is C19H26N4O2. The molecule has 25 heavy (non-hydrogen) atoms. The molecule has 1 aromatic carbocycles. The Bertz CT molecular complexity index is 736. The van der Waals surface area contributed by atoms with Crippen molar-refractivity contribution in [3.8, 4) is 0 Å². The molecule has 0 aliphatic carbocycles. The minimum absolute atomic E-state index is 0.0689. The van der Waals surface area contributed by atoms with Gasteiger partial charge >= 0.3 is 0 Å². The predicted octanol–water partition coefficient (Wildman–Crippen LogP) is 2.19. The van der Waals surface area contributed by atoms with Gasteiger partial charge in [0.25, 0.3) is 0 Å². The molecule has 6 nitrogen and oxygen atoms in total. The van der Waals surface area contributed by atoms with Crippen LogP contribution in [0.5, 0.6) is 0 Å². The maximum Gasteiger partial charge on any atom is 0.240 e. The maximum absolute atomic E-state index is 12.1. The number of hydrogen-bond acceptors (Lipinski definition) is 3. The number of rotatable bonds is 10. The van der Waals surface area contributed by atoms with Crippen LogP contribution in [0.25, 0.3) is 11.0 Å². The van der Waals surface area contributed by atoms with E-state index in [0.29, 0.717) is 25.9 Å².